The molecule has 198 valence electrons. The number of thiazole rings is 1. The minimum absolute atomic E-state index is 0.150. The lowest BCUT2D eigenvalue weighted by Gasteiger charge is -2.16. The highest BCUT2D eigenvalue weighted by Gasteiger charge is 2.26. The van der Waals surface area contributed by atoms with E-state index < -0.39 is 18.1 Å². The summed E-state index contributed by atoms with van der Waals surface area (Å²) < 4.78 is 10.9. The largest absolute Gasteiger partial charge is 0.461 e. The summed E-state index contributed by atoms with van der Waals surface area (Å²) in [7, 11) is 0. The fourth-order valence-corrected chi connectivity index (χ4v) is 5.54. The minimum atomic E-state index is -0.554. The van der Waals surface area contributed by atoms with Crippen molar-refractivity contribution >= 4 is 34.3 Å². The number of H-pyrrole nitrogens is 1. The van der Waals surface area contributed by atoms with Gasteiger partial charge in [-0.2, -0.15) is 0 Å². The van der Waals surface area contributed by atoms with Gasteiger partial charge < -0.3 is 19.8 Å². The lowest BCUT2D eigenvalue weighted by Crippen LogP contribution is -2.30. The molecule has 2 aromatic heterocycles. The molecule has 0 fully saturated rings. The number of aromatic amines is 1. The zero-order chi connectivity index (χ0) is 27.0. The SMILES string of the molecule is CCOC(=O)c1nc([C@@H](Cc2c[nH]c3ccccc23)NC(=O)OCc2ccccc2)sc1Cc1ccccc1. The van der Waals surface area contributed by atoms with Gasteiger partial charge in [-0.25, -0.2) is 14.6 Å². The predicted octanol–water partition coefficient (Wildman–Crippen LogP) is 6.60. The van der Waals surface area contributed by atoms with E-state index in [1.807, 2.05) is 91.1 Å². The Morgan fingerprint density at radius 3 is 2.36 bits per heavy atom. The van der Waals surface area contributed by atoms with Crippen molar-refractivity contribution in [2.45, 2.75) is 32.4 Å². The second-order valence-electron chi connectivity index (χ2n) is 9.03. The van der Waals surface area contributed by atoms with Crippen molar-refractivity contribution in [3.05, 3.63) is 123 Å². The van der Waals surface area contributed by atoms with Crippen LogP contribution in [0.15, 0.2) is 91.1 Å². The van der Waals surface area contributed by atoms with Crippen LogP contribution in [0, 0.1) is 0 Å². The van der Waals surface area contributed by atoms with Crippen molar-refractivity contribution in [1.29, 1.82) is 0 Å². The first kappa shape index (κ1) is 26.2. The average Bonchev–Trinajstić information content (AvgIpc) is 3.57. The predicted molar refractivity (Wildman–Crippen MR) is 152 cm³/mol. The molecule has 2 N–H and O–H groups in total. The Bertz CT molecular complexity index is 1550. The maximum absolute atomic E-state index is 13.0. The highest BCUT2D eigenvalue weighted by Crippen LogP contribution is 2.31. The third kappa shape index (κ3) is 6.53. The number of benzene rings is 3. The molecule has 0 saturated heterocycles. The van der Waals surface area contributed by atoms with Crippen LogP contribution in [0.3, 0.4) is 0 Å². The summed E-state index contributed by atoms with van der Waals surface area (Å²) in [5.41, 5.74) is 4.26. The fourth-order valence-electron chi connectivity index (χ4n) is 4.41. The van der Waals surface area contributed by atoms with E-state index in [1.54, 1.807) is 6.92 Å². The zero-order valence-electron chi connectivity index (χ0n) is 21.6. The Labute approximate surface area is 230 Å². The van der Waals surface area contributed by atoms with E-state index >= 15 is 0 Å². The van der Waals surface area contributed by atoms with Gasteiger partial charge in [-0.3, -0.25) is 0 Å². The molecule has 7 nitrogen and oxygen atoms in total. The summed E-state index contributed by atoms with van der Waals surface area (Å²) in [5.74, 6) is -0.469. The second kappa shape index (κ2) is 12.4. The normalized spacial score (nSPS) is 11.7. The molecule has 0 saturated carbocycles. The zero-order valence-corrected chi connectivity index (χ0v) is 22.4. The number of hydrogen-bond acceptors (Lipinski definition) is 6. The first-order valence-electron chi connectivity index (χ1n) is 12.8. The summed E-state index contributed by atoms with van der Waals surface area (Å²) in [4.78, 5) is 34.6. The van der Waals surface area contributed by atoms with Crippen molar-refractivity contribution in [3.63, 3.8) is 0 Å². The van der Waals surface area contributed by atoms with Gasteiger partial charge in [-0.1, -0.05) is 78.9 Å². The van der Waals surface area contributed by atoms with Crippen LogP contribution in [0.5, 0.6) is 0 Å². The molecule has 1 amide bonds. The third-order valence-electron chi connectivity index (χ3n) is 6.29. The third-order valence-corrected chi connectivity index (χ3v) is 7.46. The highest BCUT2D eigenvalue weighted by molar-refractivity contribution is 7.12. The molecule has 5 rings (SSSR count). The molecule has 8 heteroatoms. The average molecular weight is 540 g/mol. The van der Waals surface area contributed by atoms with Gasteiger partial charge in [-0.05, 0) is 29.7 Å². The number of carbonyl (C=O) groups is 2. The van der Waals surface area contributed by atoms with Crippen LogP contribution < -0.4 is 5.32 Å². The maximum Gasteiger partial charge on any atom is 0.408 e. The van der Waals surface area contributed by atoms with Crippen LogP contribution in [-0.4, -0.2) is 28.6 Å². The summed E-state index contributed by atoms with van der Waals surface area (Å²) >= 11 is 1.41. The fraction of sp³-hybridized carbons (Fsp3) is 0.194. The number of fused-ring (bicyclic) bond motifs is 1. The molecule has 2 heterocycles. The number of carbonyl (C=O) groups excluding carboxylic acids is 2. The number of nitrogens with zero attached hydrogens (tertiary/aromatic N) is 1. The molecule has 39 heavy (non-hydrogen) atoms. The number of ether oxygens (including phenoxy) is 2. The number of amides is 1. The Hall–Kier alpha value is -4.43. The molecule has 0 unspecified atom stereocenters. The second-order valence-corrected chi connectivity index (χ2v) is 10.1. The van der Waals surface area contributed by atoms with Gasteiger partial charge in [0, 0.05) is 34.8 Å². The van der Waals surface area contributed by atoms with E-state index in [-0.39, 0.29) is 18.9 Å². The van der Waals surface area contributed by atoms with E-state index in [9.17, 15) is 9.59 Å². The molecule has 0 aliphatic rings. The van der Waals surface area contributed by atoms with Gasteiger partial charge in [0.25, 0.3) is 0 Å². The number of para-hydroxylation sites is 1. The quantitative estimate of drug-likeness (QED) is 0.195. The van der Waals surface area contributed by atoms with E-state index in [1.165, 1.54) is 11.3 Å². The summed E-state index contributed by atoms with van der Waals surface area (Å²) in [6.07, 6.45) is 2.39. The smallest absolute Gasteiger partial charge is 0.408 e. The van der Waals surface area contributed by atoms with E-state index in [2.05, 4.69) is 10.3 Å². The van der Waals surface area contributed by atoms with Crippen LogP contribution in [0.4, 0.5) is 4.79 Å². The lowest BCUT2D eigenvalue weighted by molar-refractivity contribution is 0.0519. The number of nitrogens with one attached hydrogen (secondary N) is 2. The topological polar surface area (TPSA) is 93.3 Å². The maximum atomic E-state index is 13.0. The van der Waals surface area contributed by atoms with Gasteiger partial charge in [0.1, 0.15) is 11.6 Å². The number of hydrogen-bond donors (Lipinski definition) is 2. The summed E-state index contributed by atoms with van der Waals surface area (Å²) in [6, 6.07) is 26.9. The van der Waals surface area contributed by atoms with E-state index in [0.29, 0.717) is 17.8 Å². The van der Waals surface area contributed by atoms with Crippen molar-refractivity contribution in [3.8, 4) is 0 Å². The van der Waals surface area contributed by atoms with Crippen LogP contribution in [0.25, 0.3) is 10.9 Å². The van der Waals surface area contributed by atoms with Gasteiger partial charge in [0.05, 0.1) is 12.6 Å². The van der Waals surface area contributed by atoms with Crippen molar-refractivity contribution in [1.82, 2.24) is 15.3 Å². The van der Waals surface area contributed by atoms with Crippen molar-refractivity contribution in [2.24, 2.45) is 0 Å². The molecule has 0 spiro atoms. The molecule has 0 bridgehead atoms. The minimum Gasteiger partial charge on any atom is -0.461 e. The van der Waals surface area contributed by atoms with Crippen LogP contribution in [-0.2, 0) is 28.9 Å². The Morgan fingerprint density at radius 1 is 0.923 bits per heavy atom. The van der Waals surface area contributed by atoms with Gasteiger partial charge in [-0.15, -0.1) is 11.3 Å². The molecule has 3 aromatic carbocycles. The molecule has 5 aromatic rings. The summed E-state index contributed by atoms with van der Waals surface area (Å²) in [6.45, 7) is 2.17. The molecule has 0 aliphatic carbocycles. The molecule has 1 atom stereocenters. The van der Waals surface area contributed by atoms with Crippen LogP contribution in [0.1, 0.15) is 50.0 Å². The molecule has 0 aliphatic heterocycles. The van der Waals surface area contributed by atoms with E-state index in [4.69, 9.17) is 14.5 Å². The Kier molecular flexibility index (Phi) is 8.33. The molecule has 0 radical (unpaired) electrons. The Balaban J connectivity index is 1.45. The molecular formula is C31H29N3O4S. The first-order chi connectivity index (χ1) is 19.1. The highest BCUT2D eigenvalue weighted by atomic mass is 32.1. The van der Waals surface area contributed by atoms with Gasteiger partial charge in [0.15, 0.2) is 5.69 Å². The number of aromatic nitrogens is 2. The van der Waals surface area contributed by atoms with Gasteiger partial charge >= 0.3 is 12.1 Å². The van der Waals surface area contributed by atoms with Gasteiger partial charge in [0.2, 0.25) is 0 Å². The van der Waals surface area contributed by atoms with E-state index in [0.717, 1.165) is 32.5 Å². The molecular weight excluding hydrogens is 510 g/mol. The number of rotatable bonds is 10. The first-order valence-corrected chi connectivity index (χ1v) is 13.6. The standard InChI is InChI=1S/C31H29N3O4S/c1-2-37-30(35)28-27(17-21-11-5-3-6-12-21)39-29(34-28)26(18-23-19-32-25-16-10-9-15-24(23)25)33-31(36)38-20-22-13-7-4-8-14-22/h3-16,19,26,32H,2,17-18,20H2,1H3,(H,33,36)/t26-/m1/s1. The van der Waals surface area contributed by atoms with Crippen LogP contribution in [0.2, 0.25) is 0 Å². The number of esters is 1. The number of alkyl carbamates (subject to hydrolysis) is 1. The van der Waals surface area contributed by atoms with Crippen molar-refractivity contribution < 1.29 is 19.1 Å². The van der Waals surface area contributed by atoms with Crippen molar-refractivity contribution in [2.75, 3.05) is 6.61 Å². The van der Waals surface area contributed by atoms with Crippen LogP contribution >= 0.6 is 11.3 Å². The monoisotopic (exact) mass is 539 g/mol. The summed E-state index contributed by atoms with van der Waals surface area (Å²) in [5, 5.41) is 4.68. The lowest BCUT2D eigenvalue weighted by atomic mass is 10.1. The Morgan fingerprint density at radius 2 is 1.62 bits per heavy atom.